The molecule has 1 aliphatic rings. The van der Waals surface area contributed by atoms with Gasteiger partial charge in [-0.1, -0.05) is 28.1 Å². The summed E-state index contributed by atoms with van der Waals surface area (Å²) >= 11 is 3.34. The molecule has 0 saturated carbocycles. The van der Waals surface area contributed by atoms with E-state index in [0.29, 0.717) is 6.61 Å². The fourth-order valence-electron chi connectivity index (χ4n) is 1.63. The largest absolute Gasteiger partial charge is 0.492 e. The number of para-hydroxylation sites is 1. The van der Waals surface area contributed by atoms with Crippen LogP contribution in [0.25, 0.3) is 0 Å². The van der Waals surface area contributed by atoms with Gasteiger partial charge in [-0.15, -0.1) is 0 Å². The number of ether oxygens (including phenoxy) is 1. The topological polar surface area (TPSA) is 26.3 Å². The first kappa shape index (κ1) is 9.71. The van der Waals surface area contributed by atoms with Crippen LogP contribution in [0.5, 0.6) is 5.75 Å². The van der Waals surface area contributed by atoms with Crippen LogP contribution in [0.15, 0.2) is 24.3 Å². The van der Waals surface area contributed by atoms with Crippen LogP contribution in [0.3, 0.4) is 0 Å². The molecule has 0 aliphatic carbocycles. The van der Waals surface area contributed by atoms with Crippen LogP contribution >= 0.6 is 15.9 Å². The minimum Gasteiger partial charge on any atom is -0.492 e. The van der Waals surface area contributed by atoms with Gasteiger partial charge in [0.25, 0.3) is 0 Å². The van der Waals surface area contributed by atoms with Crippen LogP contribution in [0.1, 0.15) is 16.8 Å². The minimum absolute atomic E-state index is 0.0178. The third-order valence-electron chi connectivity index (χ3n) is 2.42. The van der Waals surface area contributed by atoms with E-state index in [2.05, 4.69) is 15.9 Å². The molecule has 0 aromatic heterocycles. The molecular formula is C11H11BrO2. The average Bonchev–Trinajstić information content (AvgIpc) is 2.23. The SMILES string of the molecule is O=C1c2ccccc2OC[C@H]1CCBr. The maximum Gasteiger partial charge on any atom is 0.173 e. The molecule has 0 unspecified atom stereocenters. The van der Waals surface area contributed by atoms with E-state index < -0.39 is 0 Å². The smallest absolute Gasteiger partial charge is 0.173 e. The van der Waals surface area contributed by atoms with Gasteiger partial charge in [0.05, 0.1) is 18.1 Å². The fraction of sp³-hybridized carbons (Fsp3) is 0.364. The zero-order chi connectivity index (χ0) is 9.97. The summed E-state index contributed by atoms with van der Waals surface area (Å²) in [5.41, 5.74) is 0.727. The van der Waals surface area contributed by atoms with Crippen LogP contribution in [0, 0.1) is 5.92 Å². The first-order valence-corrected chi connectivity index (χ1v) is 5.77. The molecule has 74 valence electrons. The lowest BCUT2D eigenvalue weighted by Gasteiger charge is -2.23. The maximum absolute atomic E-state index is 11.9. The second-order valence-corrected chi connectivity index (χ2v) is 4.14. The number of hydrogen-bond acceptors (Lipinski definition) is 2. The van der Waals surface area contributed by atoms with Crippen molar-refractivity contribution in [2.45, 2.75) is 6.42 Å². The summed E-state index contributed by atoms with van der Waals surface area (Å²) in [5, 5.41) is 0.842. The molecule has 1 atom stereocenters. The molecule has 0 N–H and O–H groups in total. The Morgan fingerprint density at radius 1 is 1.43 bits per heavy atom. The Morgan fingerprint density at radius 3 is 3.00 bits per heavy atom. The Morgan fingerprint density at radius 2 is 2.21 bits per heavy atom. The highest BCUT2D eigenvalue weighted by Gasteiger charge is 2.27. The summed E-state index contributed by atoms with van der Waals surface area (Å²) in [6.07, 6.45) is 0.840. The molecule has 3 heteroatoms. The Kier molecular flexibility index (Phi) is 2.87. The first-order chi connectivity index (χ1) is 6.83. The predicted molar refractivity (Wildman–Crippen MR) is 58.2 cm³/mol. The molecule has 1 aromatic rings. The zero-order valence-electron chi connectivity index (χ0n) is 7.70. The number of rotatable bonds is 2. The Hall–Kier alpha value is -0.830. The van der Waals surface area contributed by atoms with Crippen LogP contribution in [0.4, 0.5) is 0 Å². The summed E-state index contributed by atoms with van der Waals surface area (Å²) in [7, 11) is 0. The van der Waals surface area contributed by atoms with Crippen molar-refractivity contribution in [2.75, 3.05) is 11.9 Å². The number of halogens is 1. The van der Waals surface area contributed by atoms with Crippen molar-refractivity contribution >= 4 is 21.7 Å². The lowest BCUT2D eigenvalue weighted by molar-refractivity contribution is 0.0828. The molecule has 0 spiro atoms. The highest BCUT2D eigenvalue weighted by Crippen LogP contribution is 2.28. The number of hydrogen-bond donors (Lipinski definition) is 0. The minimum atomic E-state index is 0.0178. The van der Waals surface area contributed by atoms with Crippen molar-refractivity contribution in [1.82, 2.24) is 0 Å². The predicted octanol–water partition coefficient (Wildman–Crippen LogP) is 2.66. The average molecular weight is 255 g/mol. The normalized spacial score (nSPS) is 20.1. The second kappa shape index (κ2) is 4.13. The molecule has 0 bridgehead atoms. The second-order valence-electron chi connectivity index (χ2n) is 3.35. The lowest BCUT2D eigenvalue weighted by atomic mass is 9.93. The van der Waals surface area contributed by atoms with Gasteiger partial charge in [-0.3, -0.25) is 4.79 Å². The Balaban J connectivity index is 2.27. The summed E-state index contributed by atoms with van der Waals surface area (Å²) in [5.74, 6) is 0.957. The van der Waals surface area contributed by atoms with E-state index in [9.17, 15) is 4.79 Å². The van der Waals surface area contributed by atoms with Crippen LogP contribution < -0.4 is 4.74 Å². The van der Waals surface area contributed by atoms with E-state index in [1.54, 1.807) is 0 Å². The number of Topliss-reactive ketones (excluding diaryl/α,β-unsaturated/α-hetero) is 1. The van der Waals surface area contributed by atoms with Gasteiger partial charge in [0, 0.05) is 5.33 Å². The van der Waals surface area contributed by atoms with Gasteiger partial charge in [0.1, 0.15) is 5.75 Å². The molecule has 1 aromatic carbocycles. The number of alkyl halides is 1. The summed E-state index contributed by atoms with van der Waals surface area (Å²) < 4.78 is 5.52. The molecule has 2 nitrogen and oxygen atoms in total. The molecule has 0 saturated heterocycles. The molecule has 2 rings (SSSR count). The van der Waals surface area contributed by atoms with Crippen molar-refractivity contribution in [1.29, 1.82) is 0 Å². The van der Waals surface area contributed by atoms with E-state index >= 15 is 0 Å². The molecule has 0 amide bonds. The molecule has 0 radical (unpaired) electrons. The Bertz CT molecular complexity index is 349. The van der Waals surface area contributed by atoms with Gasteiger partial charge in [0.2, 0.25) is 0 Å². The number of carbonyl (C=O) groups is 1. The van der Waals surface area contributed by atoms with Gasteiger partial charge < -0.3 is 4.74 Å². The summed E-state index contributed by atoms with van der Waals surface area (Å²) in [4.78, 5) is 11.9. The maximum atomic E-state index is 11.9. The van der Waals surface area contributed by atoms with Crippen molar-refractivity contribution in [3.8, 4) is 5.75 Å². The fourth-order valence-corrected chi connectivity index (χ4v) is 2.18. The summed E-state index contributed by atoms with van der Waals surface area (Å²) in [6.45, 7) is 0.515. The monoisotopic (exact) mass is 254 g/mol. The van der Waals surface area contributed by atoms with Crippen molar-refractivity contribution < 1.29 is 9.53 Å². The first-order valence-electron chi connectivity index (χ1n) is 4.65. The number of benzene rings is 1. The van der Waals surface area contributed by atoms with Gasteiger partial charge in [-0.05, 0) is 18.6 Å². The molecular weight excluding hydrogens is 244 g/mol. The number of ketones is 1. The Labute approximate surface area is 91.4 Å². The number of fused-ring (bicyclic) bond motifs is 1. The van der Waals surface area contributed by atoms with Gasteiger partial charge in [0.15, 0.2) is 5.78 Å². The van der Waals surface area contributed by atoms with Crippen LogP contribution in [0.2, 0.25) is 0 Å². The van der Waals surface area contributed by atoms with Crippen molar-refractivity contribution in [2.24, 2.45) is 5.92 Å². The highest BCUT2D eigenvalue weighted by atomic mass is 79.9. The van der Waals surface area contributed by atoms with E-state index in [0.717, 1.165) is 23.1 Å². The lowest BCUT2D eigenvalue weighted by Crippen LogP contribution is -2.27. The van der Waals surface area contributed by atoms with E-state index in [-0.39, 0.29) is 11.7 Å². The van der Waals surface area contributed by atoms with Crippen molar-refractivity contribution in [3.05, 3.63) is 29.8 Å². The third kappa shape index (κ3) is 1.69. The number of carbonyl (C=O) groups excluding carboxylic acids is 1. The standard InChI is InChI=1S/C11H11BrO2/c12-6-5-8-7-14-10-4-2-1-3-9(10)11(8)13/h1-4,8H,5-7H2/t8-/m1/s1. The van der Waals surface area contributed by atoms with Crippen molar-refractivity contribution in [3.63, 3.8) is 0 Å². The van der Waals surface area contributed by atoms with E-state index in [1.807, 2.05) is 24.3 Å². The zero-order valence-corrected chi connectivity index (χ0v) is 9.29. The van der Waals surface area contributed by atoms with Gasteiger partial charge in [-0.2, -0.15) is 0 Å². The van der Waals surface area contributed by atoms with Gasteiger partial charge in [-0.25, -0.2) is 0 Å². The third-order valence-corrected chi connectivity index (χ3v) is 2.88. The molecule has 14 heavy (non-hydrogen) atoms. The molecule has 1 heterocycles. The summed E-state index contributed by atoms with van der Waals surface area (Å²) in [6, 6.07) is 7.43. The quantitative estimate of drug-likeness (QED) is 0.759. The van der Waals surface area contributed by atoms with Gasteiger partial charge >= 0.3 is 0 Å². The molecule has 0 fully saturated rings. The van der Waals surface area contributed by atoms with E-state index in [4.69, 9.17) is 4.74 Å². The van der Waals surface area contributed by atoms with Crippen LogP contribution in [-0.4, -0.2) is 17.7 Å². The molecule has 1 aliphatic heterocycles. The van der Waals surface area contributed by atoms with E-state index in [1.165, 1.54) is 0 Å². The highest BCUT2D eigenvalue weighted by molar-refractivity contribution is 9.09. The van der Waals surface area contributed by atoms with Crippen LogP contribution in [-0.2, 0) is 0 Å².